The lowest BCUT2D eigenvalue weighted by Crippen LogP contribution is -2.89. The molecule has 0 unspecified atom stereocenters. The molecule has 0 aliphatic carbocycles. The quantitative estimate of drug-likeness (QED) is 0.284. The molecule has 0 spiro atoms. The van der Waals surface area contributed by atoms with Gasteiger partial charge >= 0.3 is 0 Å². The molecule has 1 amide bonds. The number of halogens is 2. The number of aromatic amines is 1. The predicted octanol–water partition coefficient (Wildman–Crippen LogP) is 3.00. The molecule has 5 aromatic rings. The fourth-order valence-corrected chi connectivity index (χ4v) is 4.71. The predicted molar refractivity (Wildman–Crippen MR) is 136 cm³/mol. The van der Waals surface area contributed by atoms with E-state index in [1.165, 1.54) is 16.8 Å². The van der Waals surface area contributed by atoms with E-state index in [4.69, 9.17) is 0 Å². The van der Waals surface area contributed by atoms with Gasteiger partial charge in [-0.3, -0.25) is 4.79 Å². The number of rotatable bonds is 6. The number of amides is 1. The first kappa shape index (κ1) is 23.0. The van der Waals surface area contributed by atoms with Crippen LogP contribution in [0, 0.1) is 11.7 Å². The summed E-state index contributed by atoms with van der Waals surface area (Å²) in [6, 6.07) is 9.99. The molecule has 9 nitrogen and oxygen atoms in total. The van der Waals surface area contributed by atoms with Crippen LogP contribution in [0.15, 0.2) is 61.2 Å². The Balaban J connectivity index is 1.24. The fraction of sp³-hybridized carbons (Fsp3) is 0.231. The number of H-pyrrole nitrogens is 1. The number of carbonyl (C=O) groups is 1. The van der Waals surface area contributed by atoms with Crippen LogP contribution in [0.1, 0.15) is 16.8 Å². The summed E-state index contributed by atoms with van der Waals surface area (Å²) in [4.78, 5) is 25.2. The summed E-state index contributed by atoms with van der Waals surface area (Å²) in [5.74, 6) is -0.269. The largest absolute Gasteiger partial charge is 0.370 e. The number of anilines is 2. The second-order valence-electron chi connectivity index (χ2n) is 9.15. The van der Waals surface area contributed by atoms with Crippen molar-refractivity contribution in [2.24, 2.45) is 5.92 Å². The van der Waals surface area contributed by atoms with Crippen molar-refractivity contribution in [3.05, 3.63) is 72.6 Å². The van der Waals surface area contributed by atoms with Gasteiger partial charge in [-0.05, 0) is 18.2 Å². The van der Waals surface area contributed by atoms with Crippen molar-refractivity contribution in [3.63, 3.8) is 0 Å². The van der Waals surface area contributed by atoms with E-state index >= 15 is 0 Å². The van der Waals surface area contributed by atoms with Gasteiger partial charge in [0.2, 0.25) is 0 Å². The molecular formula is C26H25F2N8O+. The number of nitrogens with zero attached hydrogens (tertiary/aromatic N) is 4. The number of fused-ring (bicyclic) bond motifs is 2. The van der Waals surface area contributed by atoms with E-state index in [1.54, 1.807) is 48.9 Å². The number of carbonyl (C=O) groups excluding carboxylic acids is 1. The zero-order valence-electron chi connectivity index (χ0n) is 19.8. The first-order valence-electron chi connectivity index (χ1n) is 12.1. The first-order valence-corrected chi connectivity index (χ1v) is 12.1. The summed E-state index contributed by atoms with van der Waals surface area (Å²) < 4.78 is 30.0. The van der Waals surface area contributed by atoms with Crippen molar-refractivity contribution in [3.8, 4) is 11.1 Å². The van der Waals surface area contributed by atoms with Crippen molar-refractivity contribution in [1.29, 1.82) is 0 Å². The topological polar surface area (TPSA) is 117 Å². The van der Waals surface area contributed by atoms with Crippen LogP contribution < -0.4 is 16.0 Å². The molecular weight excluding hydrogens is 478 g/mol. The van der Waals surface area contributed by atoms with Gasteiger partial charge < -0.3 is 20.9 Å². The minimum Gasteiger partial charge on any atom is -0.370 e. The summed E-state index contributed by atoms with van der Waals surface area (Å²) in [6.45, 7) is 1.87. The Hall–Kier alpha value is -4.38. The van der Waals surface area contributed by atoms with Crippen LogP contribution in [-0.4, -0.2) is 56.3 Å². The Labute approximate surface area is 210 Å². The average molecular weight is 504 g/mol. The van der Waals surface area contributed by atoms with E-state index < -0.39 is 12.1 Å². The van der Waals surface area contributed by atoms with Crippen LogP contribution in [0.2, 0.25) is 0 Å². The highest BCUT2D eigenvalue weighted by atomic mass is 19.1. The summed E-state index contributed by atoms with van der Waals surface area (Å²) >= 11 is 0. The summed E-state index contributed by atoms with van der Waals surface area (Å²) in [6.07, 6.45) is 6.33. The van der Waals surface area contributed by atoms with Crippen molar-refractivity contribution >= 4 is 34.1 Å². The second-order valence-corrected chi connectivity index (χ2v) is 9.15. The first-order chi connectivity index (χ1) is 18.1. The van der Waals surface area contributed by atoms with Gasteiger partial charge in [0.15, 0.2) is 11.8 Å². The number of piperidine rings is 1. The van der Waals surface area contributed by atoms with Gasteiger partial charge in [0, 0.05) is 54.0 Å². The van der Waals surface area contributed by atoms with E-state index in [0.717, 1.165) is 13.0 Å². The number of alkyl halides is 1. The van der Waals surface area contributed by atoms with Crippen LogP contribution in [0.25, 0.3) is 27.8 Å². The molecule has 6 rings (SSSR count). The highest BCUT2D eigenvalue weighted by Gasteiger charge is 2.27. The van der Waals surface area contributed by atoms with Crippen molar-refractivity contribution in [1.82, 2.24) is 24.6 Å². The molecule has 0 bridgehead atoms. The number of aromatic nitrogens is 5. The van der Waals surface area contributed by atoms with Crippen molar-refractivity contribution in [2.45, 2.75) is 12.6 Å². The molecule has 4 aromatic heterocycles. The van der Waals surface area contributed by atoms with Crippen molar-refractivity contribution in [2.75, 3.05) is 30.3 Å². The van der Waals surface area contributed by atoms with Gasteiger partial charge in [-0.1, -0.05) is 18.2 Å². The molecule has 11 heteroatoms. The summed E-state index contributed by atoms with van der Waals surface area (Å²) in [7, 11) is 0. The Morgan fingerprint density at radius 3 is 3.00 bits per heavy atom. The van der Waals surface area contributed by atoms with Crippen LogP contribution in [0.4, 0.5) is 20.3 Å². The van der Waals surface area contributed by atoms with E-state index in [2.05, 4.69) is 30.7 Å². The third-order valence-electron chi connectivity index (χ3n) is 6.77. The molecule has 37 heavy (non-hydrogen) atoms. The lowest BCUT2D eigenvalue weighted by Gasteiger charge is -2.24. The molecule has 5 heterocycles. The van der Waals surface area contributed by atoms with E-state index in [9.17, 15) is 13.6 Å². The molecule has 1 saturated heterocycles. The van der Waals surface area contributed by atoms with Crippen LogP contribution in [0.3, 0.4) is 0 Å². The maximum atomic E-state index is 14.3. The number of hydrogen-bond donors (Lipinski definition) is 4. The van der Waals surface area contributed by atoms with Crippen molar-refractivity contribution < 1.29 is 18.9 Å². The smallest absolute Gasteiger partial charge is 0.261 e. The Morgan fingerprint density at radius 2 is 2.14 bits per heavy atom. The third kappa shape index (κ3) is 4.49. The molecule has 188 valence electrons. The maximum absolute atomic E-state index is 14.3. The zero-order valence-corrected chi connectivity index (χ0v) is 19.8. The number of pyridine rings is 1. The number of hydrogen-bond acceptors (Lipinski definition) is 5. The molecule has 2 atom stereocenters. The minimum absolute atomic E-state index is 0.0690. The second kappa shape index (κ2) is 9.58. The third-order valence-corrected chi connectivity index (χ3v) is 6.77. The maximum Gasteiger partial charge on any atom is 0.261 e. The minimum atomic E-state index is -0.856. The van der Waals surface area contributed by atoms with Gasteiger partial charge in [0.1, 0.15) is 29.4 Å². The van der Waals surface area contributed by atoms with Gasteiger partial charge in [0.25, 0.3) is 5.91 Å². The molecule has 1 aliphatic rings. The van der Waals surface area contributed by atoms with E-state index in [-0.39, 0.29) is 17.3 Å². The molecule has 5 N–H and O–H groups in total. The zero-order chi connectivity index (χ0) is 25.4. The van der Waals surface area contributed by atoms with Gasteiger partial charge in [0.05, 0.1) is 18.4 Å². The van der Waals surface area contributed by atoms with E-state index in [0.29, 0.717) is 52.4 Å². The molecule has 1 fully saturated rings. The number of quaternary nitrogens is 1. The van der Waals surface area contributed by atoms with E-state index in [1.807, 2.05) is 5.32 Å². The summed E-state index contributed by atoms with van der Waals surface area (Å²) in [5, 5.41) is 13.0. The average Bonchev–Trinajstić information content (AvgIpc) is 3.52. The normalized spacial score (nSPS) is 17.8. The van der Waals surface area contributed by atoms with Gasteiger partial charge in [-0.25, -0.2) is 23.3 Å². The van der Waals surface area contributed by atoms with Gasteiger partial charge in [-0.15, -0.1) is 0 Å². The van der Waals surface area contributed by atoms with Gasteiger partial charge in [-0.2, -0.15) is 5.10 Å². The molecule has 0 radical (unpaired) electrons. The Bertz CT molecular complexity index is 1600. The Kier molecular flexibility index (Phi) is 5.97. The molecule has 1 aliphatic heterocycles. The SMILES string of the molecule is O=C(Nc1c[nH]c2ncc(-c3ccccc3F)cc12)c1cnn2ccc(NC[C@H]3CC[NH2+]C[C@@H]3F)nc12. The Morgan fingerprint density at radius 1 is 1.24 bits per heavy atom. The summed E-state index contributed by atoms with van der Waals surface area (Å²) in [5.41, 5.74) is 2.75. The van der Waals surface area contributed by atoms with Crippen LogP contribution >= 0.6 is 0 Å². The number of benzene rings is 1. The number of nitrogens with one attached hydrogen (secondary N) is 3. The lowest BCUT2D eigenvalue weighted by molar-refractivity contribution is -0.670. The number of nitrogens with two attached hydrogens (primary N) is 1. The van der Waals surface area contributed by atoms with Crippen LogP contribution in [-0.2, 0) is 0 Å². The standard InChI is InChI=1S/C26H24F2N8O/c27-20-4-2-1-3-17(20)16-9-18-22(14-32-24(18)31-11-16)34-26(37)19-12-33-36-8-6-23(35-25(19)36)30-10-15-5-7-29-13-21(15)28/h1-4,6,8-9,11-12,14-15,21,29H,5,7,10,13H2,(H,30,35)(H,31,32)(H,34,37)/p+1/t15-,21+/m1/s1. The lowest BCUT2D eigenvalue weighted by atomic mass is 9.96. The highest BCUT2D eigenvalue weighted by molar-refractivity contribution is 6.11. The highest BCUT2D eigenvalue weighted by Crippen LogP contribution is 2.29. The molecule has 1 aromatic carbocycles. The fourth-order valence-electron chi connectivity index (χ4n) is 4.71. The van der Waals surface area contributed by atoms with Crippen LogP contribution in [0.5, 0.6) is 0 Å². The molecule has 0 saturated carbocycles. The monoisotopic (exact) mass is 503 g/mol.